The second kappa shape index (κ2) is 10.8. The van der Waals surface area contributed by atoms with Gasteiger partial charge in [0, 0.05) is 27.6 Å². The molecule has 0 spiro atoms. The number of carbonyl (C=O) groups excluding carboxylic acids is 1. The van der Waals surface area contributed by atoms with Crippen LogP contribution in [0.4, 0.5) is 0 Å². The summed E-state index contributed by atoms with van der Waals surface area (Å²) in [5, 5.41) is 1.42. The van der Waals surface area contributed by atoms with Gasteiger partial charge in [-0.05, 0) is 45.9 Å². The molecule has 9 heteroatoms. The third kappa shape index (κ3) is 5.02. The normalized spacial score (nSPS) is 14.0. The van der Waals surface area contributed by atoms with Crippen LogP contribution in [0.15, 0.2) is 60.7 Å². The van der Waals surface area contributed by atoms with Crippen molar-refractivity contribution in [2.24, 2.45) is 0 Å². The lowest BCUT2D eigenvalue weighted by Crippen LogP contribution is -2.30. The molecule has 33 heavy (non-hydrogen) atoms. The average molecular weight is 508 g/mol. The molecule has 3 aromatic rings. The predicted octanol–water partition coefficient (Wildman–Crippen LogP) is 5.00. The first-order chi connectivity index (χ1) is 15.8. The molecule has 6 nitrogen and oxygen atoms in total. The number of nitrogens with zero attached hydrogens (tertiary/aromatic N) is 1. The van der Waals surface area contributed by atoms with E-state index in [4.69, 9.17) is 20.9 Å². The van der Waals surface area contributed by atoms with Crippen molar-refractivity contribution in [3.63, 3.8) is 0 Å². The van der Waals surface area contributed by atoms with Gasteiger partial charge in [-0.2, -0.15) is 0 Å². The quantitative estimate of drug-likeness (QED) is 0.231. The summed E-state index contributed by atoms with van der Waals surface area (Å²) in [6, 6.07) is 14.4. The maximum Gasteiger partial charge on any atom is 0.356 e. The highest BCUT2D eigenvalue weighted by atomic mass is 35.5. The molecule has 176 valence electrons. The molecule has 2 unspecified atom stereocenters. The molecule has 0 radical (unpaired) electrons. The van der Waals surface area contributed by atoms with Crippen molar-refractivity contribution >= 4 is 57.3 Å². The molecular formula is C24H27ClNO5PS. The molecule has 2 atom stereocenters. The summed E-state index contributed by atoms with van der Waals surface area (Å²) in [4.78, 5) is 13.3. The number of benzene rings is 2. The number of allylic oxidation sites excluding steroid dienone is 1. The Labute approximate surface area is 201 Å². The summed E-state index contributed by atoms with van der Waals surface area (Å²) in [6.07, 6.45) is 3.25. The molecule has 0 saturated carbocycles. The predicted molar refractivity (Wildman–Crippen MR) is 136 cm³/mol. The molecular weight excluding hydrogens is 481 g/mol. The van der Waals surface area contributed by atoms with Crippen LogP contribution in [0.2, 0.25) is 5.02 Å². The minimum absolute atomic E-state index is 0.0473. The van der Waals surface area contributed by atoms with Crippen molar-refractivity contribution in [1.82, 2.24) is 3.97 Å². The number of halogens is 1. The molecule has 3 rings (SSSR count). The monoisotopic (exact) mass is 507 g/mol. The first-order valence-corrected chi connectivity index (χ1v) is 13.8. The lowest BCUT2D eigenvalue weighted by Gasteiger charge is -2.20. The maximum absolute atomic E-state index is 13.7. The van der Waals surface area contributed by atoms with E-state index in [2.05, 4.69) is 0 Å². The first-order valence-electron chi connectivity index (χ1n) is 10.6. The summed E-state index contributed by atoms with van der Waals surface area (Å²) in [6.45, 7) is 7.34. The molecule has 0 amide bonds. The van der Waals surface area contributed by atoms with Crippen molar-refractivity contribution in [3.8, 4) is 0 Å². The first kappa shape index (κ1) is 25.4. The second-order valence-electron chi connectivity index (χ2n) is 7.17. The highest BCUT2D eigenvalue weighted by molar-refractivity contribution is 7.91. The van der Waals surface area contributed by atoms with Crippen LogP contribution in [0.5, 0.6) is 0 Å². The van der Waals surface area contributed by atoms with Gasteiger partial charge in [0.25, 0.3) is 0 Å². The zero-order chi connectivity index (χ0) is 24.2. The van der Waals surface area contributed by atoms with Crippen molar-refractivity contribution in [3.05, 3.63) is 71.4 Å². The molecule has 2 aromatic carbocycles. The Bertz CT molecular complexity index is 1270. The molecule has 0 N–H and O–H groups in total. The fourth-order valence-electron chi connectivity index (χ4n) is 3.57. The van der Waals surface area contributed by atoms with Crippen molar-refractivity contribution in [2.45, 2.75) is 32.9 Å². The Kier molecular flexibility index (Phi) is 8.35. The van der Waals surface area contributed by atoms with Crippen molar-refractivity contribution in [2.75, 3.05) is 13.2 Å². The Morgan fingerprint density at radius 3 is 2.45 bits per heavy atom. The number of esters is 1. The Hall–Kier alpha value is -2.18. The van der Waals surface area contributed by atoms with Gasteiger partial charge in [0.05, 0.1) is 25.5 Å². The number of carbonyl (C=O) groups is 1. The van der Waals surface area contributed by atoms with Crippen LogP contribution in [0.1, 0.15) is 38.2 Å². The Morgan fingerprint density at radius 1 is 1.15 bits per heavy atom. The standard InChI is InChI=1S/C24H27ClNO5PS/c1-5-11-17(4)33(28,29)26-21-15-14-18(25)16-20(21)23(22(26)24(27)30-6-2)32(31-7-3)19-12-9-8-10-13-19/h5,8-17H,6-7H2,1-4H3/b11-5-. The summed E-state index contributed by atoms with van der Waals surface area (Å²) in [7, 11) is -5.55. The third-order valence-corrected chi connectivity index (χ3v) is 9.33. The van der Waals surface area contributed by atoms with E-state index in [1.807, 2.05) is 37.3 Å². The molecule has 0 aliphatic carbocycles. The van der Waals surface area contributed by atoms with E-state index in [-0.39, 0.29) is 12.3 Å². The molecule has 0 fully saturated rings. The molecule has 0 saturated heterocycles. The minimum Gasteiger partial charge on any atom is -0.461 e. The van der Waals surface area contributed by atoms with Gasteiger partial charge in [0.2, 0.25) is 10.0 Å². The van der Waals surface area contributed by atoms with Crippen LogP contribution < -0.4 is 10.6 Å². The zero-order valence-corrected chi connectivity index (χ0v) is 21.5. The third-order valence-electron chi connectivity index (χ3n) is 4.97. The molecule has 1 heterocycles. The minimum atomic E-state index is -4.00. The van der Waals surface area contributed by atoms with Gasteiger partial charge in [-0.15, -0.1) is 0 Å². The highest BCUT2D eigenvalue weighted by Gasteiger charge is 2.36. The van der Waals surface area contributed by atoms with Crippen molar-refractivity contribution < 1.29 is 22.5 Å². The van der Waals surface area contributed by atoms with Crippen LogP contribution in [-0.2, 0) is 19.3 Å². The largest absolute Gasteiger partial charge is 0.461 e. The second-order valence-corrected chi connectivity index (χ2v) is 11.6. The van der Waals surface area contributed by atoms with Crippen LogP contribution in [0.3, 0.4) is 0 Å². The fourth-order valence-corrected chi connectivity index (χ4v) is 7.37. The molecule has 1 aromatic heterocycles. The average Bonchev–Trinajstić information content (AvgIpc) is 3.13. The smallest absolute Gasteiger partial charge is 0.356 e. The lowest BCUT2D eigenvalue weighted by molar-refractivity contribution is 0.0520. The highest BCUT2D eigenvalue weighted by Crippen LogP contribution is 2.41. The van der Waals surface area contributed by atoms with E-state index < -0.39 is 29.4 Å². The summed E-state index contributed by atoms with van der Waals surface area (Å²) >= 11 is 6.33. The van der Waals surface area contributed by atoms with Crippen LogP contribution in [0.25, 0.3) is 10.9 Å². The van der Waals surface area contributed by atoms with Crippen LogP contribution >= 0.6 is 19.7 Å². The molecule has 0 bridgehead atoms. The SMILES string of the molecule is C/C=C\C(C)S(=O)(=O)n1c(C(=O)OCC)c(P(OCC)c2ccccc2)c2cc(Cl)ccc21. The van der Waals surface area contributed by atoms with E-state index in [1.54, 1.807) is 51.1 Å². The Morgan fingerprint density at radius 2 is 1.85 bits per heavy atom. The van der Waals surface area contributed by atoms with E-state index in [0.29, 0.717) is 27.8 Å². The number of ether oxygens (including phenoxy) is 1. The maximum atomic E-state index is 13.7. The van der Waals surface area contributed by atoms with E-state index in [1.165, 1.54) is 0 Å². The zero-order valence-electron chi connectivity index (χ0n) is 19.0. The number of aromatic nitrogens is 1. The number of hydrogen-bond donors (Lipinski definition) is 0. The van der Waals surface area contributed by atoms with Crippen LogP contribution in [-0.4, -0.2) is 36.8 Å². The summed E-state index contributed by atoms with van der Waals surface area (Å²) in [5.74, 6) is -0.723. The van der Waals surface area contributed by atoms with Gasteiger partial charge in [0.1, 0.15) is 0 Å². The van der Waals surface area contributed by atoms with E-state index in [9.17, 15) is 13.2 Å². The van der Waals surface area contributed by atoms with Gasteiger partial charge in [-0.1, -0.05) is 54.1 Å². The van der Waals surface area contributed by atoms with Gasteiger partial charge in [-0.3, -0.25) is 0 Å². The number of rotatable bonds is 9. The molecule has 0 aliphatic rings. The van der Waals surface area contributed by atoms with Crippen LogP contribution in [0, 0.1) is 0 Å². The fraction of sp³-hybridized carbons (Fsp3) is 0.292. The van der Waals surface area contributed by atoms with Crippen molar-refractivity contribution in [1.29, 1.82) is 0 Å². The molecule has 0 aliphatic heterocycles. The van der Waals surface area contributed by atoms with Gasteiger partial charge >= 0.3 is 5.97 Å². The van der Waals surface area contributed by atoms with E-state index in [0.717, 1.165) is 9.28 Å². The van der Waals surface area contributed by atoms with Gasteiger partial charge < -0.3 is 9.26 Å². The topological polar surface area (TPSA) is 74.6 Å². The lowest BCUT2D eigenvalue weighted by atomic mass is 10.2. The number of hydrogen-bond acceptors (Lipinski definition) is 5. The van der Waals surface area contributed by atoms with E-state index >= 15 is 0 Å². The number of fused-ring (bicyclic) bond motifs is 1. The van der Waals surface area contributed by atoms with Gasteiger partial charge in [0.15, 0.2) is 5.69 Å². The Balaban J connectivity index is 2.50. The summed E-state index contributed by atoms with van der Waals surface area (Å²) in [5.41, 5.74) is 0.311. The summed E-state index contributed by atoms with van der Waals surface area (Å²) < 4.78 is 40.0. The van der Waals surface area contributed by atoms with Gasteiger partial charge in [-0.25, -0.2) is 17.2 Å².